The van der Waals surface area contributed by atoms with Crippen LogP contribution in [0.15, 0.2) is 84.9 Å². The number of carbonyl (C=O) groups excluding carboxylic acids is 1. The van der Waals surface area contributed by atoms with Gasteiger partial charge in [-0.15, -0.1) is 0 Å². The van der Waals surface area contributed by atoms with E-state index in [9.17, 15) is 4.79 Å². The Morgan fingerprint density at radius 3 is 2.03 bits per heavy atom. The van der Waals surface area contributed by atoms with Crippen LogP contribution in [-0.2, 0) is 17.6 Å². The van der Waals surface area contributed by atoms with Gasteiger partial charge in [-0.3, -0.25) is 4.79 Å². The molecule has 3 aromatic rings. The van der Waals surface area contributed by atoms with E-state index in [-0.39, 0.29) is 5.91 Å². The Kier molecular flexibility index (Phi) is 8.42. The molecule has 0 spiro atoms. The molecule has 154 valence electrons. The van der Waals surface area contributed by atoms with Crippen molar-refractivity contribution in [2.45, 2.75) is 25.7 Å². The van der Waals surface area contributed by atoms with Crippen LogP contribution >= 0.6 is 12.2 Å². The predicted molar refractivity (Wildman–Crippen MR) is 126 cm³/mol. The van der Waals surface area contributed by atoms with E-state index in [1.807, 2.05) is 60.7 Å². The molecule has 0 saturated carbocycles. The maximum absolute atomic E-state index is 12.1. The lowest BCUT2D eigenvalue weighted by molar-refractivity contribution is -0.119. The highest BCUT2D eigenvalue weighted by atomic mass is 32.1. The molecule has 0 fully saturated rings. The maximum atomic E-state index is 12.1. The van der Waals surface area contributed by atoms with Crippen molar-refractivity contribution in [3.8, 4) is 5.75 Å². The lowest BCUT2D eigenvalue weighted by Gasteiger charge is -2.11. The van der Waals surface area contributed by atoms with E-state index < -0.39 is 0 Å². The van der Waals surface area contributed by atoms with Crippen molar-refractivity contribution < 1.29 is 9.53 Å². The summed E-state index contributed by atoms with van der Waals surface area (Å²) in [5, 5.41) is 6.05. The molecule has 0 saturated heterocycles. The Balaban J connectivity index is 1.35. The molecule has 0 atom stereocenters. The van der Waals surface area contributed by atoms with Crippen molar-refractivity contribution in [1.29, 1.82) is 0 Å². The minimum Gasteiger partial charge on any atom is -0.494 e. The lowest BCUT2D eigenvalue weighted by atomic mass is 10.1. The highest BCUT2D eigenvalue weighted by molar-refractivity contribution is 7.80. The van der Waals surface area contributed by atoms with Crippen molar-refractivity contribution in [1.82, 2.24) is 5.32 Å². The Bertz CT molecular complexity index is 928. The molecule has 3 aromatic carbocycles. The zero-order valence-corrected chi connectivity index (χ0v) is 17.7. The summed E-state index contributed by atoms with van der Waals surface area (Å²) < 4.78 is 5.80. The third-order valence-electron chi connectivity index (χ3n) is 4.57. The molecule has 0 bridgehead atoms. The SMILES string of the molecule is O=C(CCc1ccccc1)NC(=S)Nc1ccc(OCCCc2ccccc2)cc1. The molecule has 5 heteroatoms. The molecule has 2 N–H and O–H groups in total. The third kappa shape index (κ3) is 7.68. The number of amides is 1. The molecule has 0 unspecified atom stereocenters. The van der Waals surface area contributed by atoms with E-state index in [0.717, 1.165) is 29.8 Å². The van der Waals surface area contributed by atoms with Crippen molar-refractivity contribution in [3.05, 3.63) is 96.1 Å². The van der Waals surface area contributed by atoms with Gasteiger partial charge in [0.1, 0.15) is 5.75 Å². The van der Waals surface area contributed by atoms with Gasteiger partial charge < -0.3 is 15.4 Å². The summed E-state index contributed by atoms with van der Waals surface area (Å²) in [6, 6.07) is 27.9. The van der Waals surface area contributed by atoms with Gasteiger partial charge in [0.2, 0.25) is 5.91 Å². The van der Waals surface area contributed by atoms with E-state index in [0.29, 0.717) is 24.6 Å². The quantitative estimate of drug-likeness (QED) is 0.373. The summed E-state index contributed by atoms with van der Waals surface area (Å²) in [7, 11) is 0. The number of anilines is 1. The Morgan fingerprint density at radius 2 is 1.40 bits per heavy atom. The molecule has 4 nitrogen and oxygen atoms in total. The normalized spacial score (nSPS) is 10.3. The van der Waals surface area contributed by atoms with Crippen LogP contribution in [0, 0.1) is 0 Å². The van der Waals surface area contributed by atoms with Gasteiger partial charge in [0, 0.05) is 12.1 Å². The second-order valence-electron chi connectivity index (χ2n) is 6.95. The Morgan fingerprint density at radius 1 is 0.800 bits per heavy atom. The number of aryl methyl sites for hydroxylation is 2. The molecule has 0 aliphatic carbocycles. The van der Waals surface area contributed by atoms with Crippen LogP contribution in [0.2, 0.25) is 0 Å². The number of rotatable bonds is 9. The summed E-state index contributed by atoms with van der Waals surface area (Å²) >= 11 is 5.23. The molecule has 3 rings (SSSR count). The average Bonchev–Trinajstić information content (AvgIpc) is 2.78. The van der Waals surface area contributed by atoms with E-state index in [4.69, 9.17) is 17.0 Å². The molecule has 0 radical (unpaired) electrons. The number of hydrogen-bond donors (Lipinski definition) is 2. The van der Waals surface area contributed by atoms with Crippen molar-refractivity contribution >= 4 is 28.9 Å². The highest BCUT2D eigenvalue weighted by Crippen LogP contribution is 2.16. The summed E-state index contributed by atoms with van der Waals surface area (Å²) in [6.45, 7) is 0.664. The predicted octanol–water partition coefficient (Wildman–Crippen LogP) is 5.14. The van der Waals surface area contributed by atoms with Gasteiger partial charge in [0.25, 0.3) is 0 Å². The fourth-order valence-corrected chi connectivity index (χ4v) is 3.23. The molecule has 0 aliphatic rings. The number of hydrogen-bond acceptors (Lipinski definition) is 3. The topological polar surface area (TPSA) is 50.4 Å². The van der Waals surface area contributed by atoms with E-state index >= 15 is 0 Å². The van der Waals surface area contributed by atoms with Crippen molar-refractivity contribution in [2.75, 3.05) is 11.9 Å². The first-order valence-electron chi connectivity index (χ1n) is 10.1. The average molecular weight is 419 g/mol. The van der Waals surface area contributed by atoms with Gasteiger partial charge in [-0.05, 0) is 66.9 Å². The molecule has 30 heavy (non-hydrogen) atoms. The lowest BCUT2D eigenvalue weighted by Crippen LogP contribution is -2.34. The molecule has 0 heterocycles. The Labute approximate surface area is 183 Å². The second kappa shape index (κ2) is 11.7. The van der Waals surface area contributed by atoms with Crippen LogP contribution in [0.5, 0.6) is 5.75 Å². The second-order valence-corrected chi connectivity index (χ2v) is 7.36. The van der Waals surface area contributed by atoms with Crippen molar-refractivity contribution in [3.63, 3.8) is 0 Å². The van der Waals surface area contributed by atoms with Gasteiger partial charge in [0.05, 0.1) is 6.61 Å². The minimum absolute atomic E-state index is 0.102. The number of nitrogens with one attached hydrogen (secondary N) is 2. The maximum Gasteiger partial charge on any atom is 0.226 e. The molecule has 1 amide bonds. The highest BCUT2D eigenvalue weighted by Gasteiger charge is 2.06. The van der Waals surface area contributed by atoms with E-state index in [1.54, 1.807) is 0 Å². The van der Waals surface area contributed by atoms with Crippen LogP contribution < -0.4 is 15.4 Å². The monoisotopic (exact) mass is 418 g/mol. The zero-order chi connectivity index (χ0) is 21.0. The van der Waals surface area contributed by atoms with Crippen LogP contribution in [-0.4, -0.2) is 17.6 Å². The number of thiocarbonyl (C=S) groups is 1. The van der Waals surface area contributed by atoms with Gasteiger partial charge in [-0.1, -0.05) is 60.7 Å². The van der Waals surface area contributed by atoms with Crippen LogP contribution in [0.4, 0.5) is 5.69 Å². The van der Waals surface area contributed by atoms with E-state index in [2.05, 4.69) is 34.9 Å². The zero-order valence-electron chi connectivity index (χ0n) is 16.8. The van der Waals surface area contributed by atoms with E-state index in [1.165, 1.54) is 5.56 Å². The van der Waals surface area contributed by atoms with Gasteiger partial charge >= 0.3 is 0 Å². The van der Waals surface area contributed by atoms with Gasteiger partial charge in [0.15, 0.2) is 5.11 Å². The number of carbonyl (C=O) groups is 1. The minimum atomic E-state index is -0.102. The van der Waals surface area contributed by atoms with Crippen LogP contribution in [0.1, 0.15) is 24.0 Å². The van der Waals surface area contributed by atoms with Crippen LogP contribution in [0.3, 0.4) is 0 Å². The largest absolute Gasteiger partial charge is 0.494 e. The summed E-state index contributed by atoms with van der Waals surface area (Å²) in [5.41, 5.74) is 3.26. The number of benzene rings is 3. The third-order valence-corrected chi connectivity index (χ3v) is 4.77. The molecular weight excluding hydrogens is 392 g/mol. The summed E-state index contributed by atoms with van der Waals surface area (Å²) in [6.07, 6.45) is 3.04. The first-order chi connectivity index (χ1) is 14.7. The van der Waals surface area contributed by atoms with Crippen molar-refractivity contribution in [2.24, 2.45) is 0 Å². The fraction of sp³-hybridized carbons (Fsp3) is 0.200. The molecular formula is C25H26N2O2S. The standard InChI is InChI=1S/C25H26N2O2S/c28-24(18-13-21-10-5-2-6-11-21)27-25(30)26-22-14-16-23(17-15-22)29-19-7-12-20-8-3-1-4-9-20/h1-6,8-11,14-17H,7,12-13,18-19H2,(H2,26,27,28,30). The fourth-order valence-electron chi connectivity index (χ4n) is 3.00. The first kappa shape index (κ1) is 21.5. The Hall–Kier alpha value is -3.18. The molecule has 0 aliphatic heterocycles. The molecule has 0 aromatic heterocycles. The summed E-state index contributed by atoms with van der Waals surface area (Å²) in [4.78, 5) is 12.1. The summed E-state index contributed by atoms with van der Waals surface area (Å²) in [5.74, 6) is 0.709. The van der Waals surface area contributed by atoms with Gasteiger partial charge in [-0.2, -0.15) is 0 Å². The number of ether oxygens (including phenoxy) is 1. The smallest absolute Gasteiger partial charge is 0.226 e. The first-order valence-corrected chi connectivity index (χ1v) is 10.5. The van der Waals surface area contributed by atoms with Crippen LogP contribution in [0.25, 0.3) is 0 Å². The van der Waals surface area contributed by atoms with Gasteiger partial charge in [-0.25, -0.2) is 0 Å².